The van der Waals surface area contributed by atoms with Gasteiger partial charge >= 0.3 is 6.03 Å². The molecule has 0 aromatic carbocycles. The topological polar surface area (TPSA) is 50.4 Å². The molecule has 0 radical (unpaired) electrons. The quantitative estimate of drug-likeness (QED) is 0.837. The van der Waals surface area contributed by atoms with E-state index in [0.717, 1.165) is 25.5 Å². The van der Waals surface area contributed by atoms with Gasteiger partial charge in [0.1, 0.15) is 0 Å². The highest BCUT2D eigenvalue weighted by Gasteiger charge is 2.59. The Kier molecular flexibility index (Phi) is 4.67. The molecule has 0 bridgehead atoms. The highest BCUT2D eigenvalue weighted by molar-refractivity contribution is 5.74. The Hall–Kier alpha value is -0.770. The van der Waals surface area contributed by atoms with Crippen LogP contribution in [0.2, 0.25) is 0 Å². The molecule has 4 nitrogen and oxygen atoms in total. The van der Waals surface area contributed by atoms with Crippen molar-refractivity contribution >= 4 is 6.03 Å². The number of rotatable bonds is 4. The van der Waals surface area contributed by atoms with Crippen molar-refractivity contribution in [2.45, 2.75) is 71.4 Å². The summed E-state index contributed by atoms with van der Waals surface area (Å²) in [6, 6.07) is 0.275. The maximum atomic E-state index is 12.2. The van der Waals surface area contributed by atoms with Gasteiger partial charge in [-0.05, 0) is 31.1 Å². The molecule has 1 aliphatic heterocycles. The summed E-state index contributed by atoms with van der Waals surface area (Å²) < 4.78 is 5.78. The summed E-state index contributed by atoms with van der Waals surface area (Å²) in [5.74, 6) is 2.10. The third kappa shape index (κ3) is 2.99. The minimum absolute atomic E-state index is 0.0149. The Labute approximate surface area is 134 Å². The van der Waals surface area contributed by atoms with E-state index < -0.39 is 0 Å². The number of urea groups is 1. The molecule has 0 aromatic rings. The van der Waals surface area contributed by atoms with Gasteiger partial charge in [0.15, 0.2) is 0 Å². The lowest BCUT2D eigenvalue weighted by Gasteiger charge is -2.54. The molecule has 1 saturated heterocycles. The van der Waals surface area contributed by atoms with Crippen LogP contribution in [0.1, 0.15) is 59.3 Å². The van der Waals surface area contributed by atoms with Crippen LogP contribution >= 0.6 is 0 Å². The average Bonchev–Trinajstić information content (AvgIpc) is 2.98. The third-order valence-electron chi connectivity index (χ3n) is 6.48. The molecule has 3 unspecified atom stereocenters. The van der Waals surface area contributed by atoms with E-state index in [2.05, 4.69) is 31.4 Å². The lowest BCUT2D eigenvalue weighted by molar-refractivity contribution is -0.108. The molecule has 2 N–H and O–H groups in total. The summed E-state index contributed by atoms with van der Waals surface area (Å²) >= 11 is 0. The Morgan fingerprint density at radius 3 is 2.50 bits per heavy atom. The number of fused-ring (bicyclic) bond motifs is 1. The summed E-state index contributed by atoms with van der Waals surface area (Å²) in [7, 11) is 0. The summed E-state index contributed by atoms with van der Waals surface area (Å²) in [4.78, 5) is 12.2. The van der Waals surface area contributed by atoms with Crippen LogP contribution in [-0.4, -0.2) is 31.3 Å². The van der Waals surface area contributed by atoms with Crippen molar-refractivity contribution in [3.8, 4) is 0 Å². The second-order valence-electron chi connectivity index (χ2n) is 8.19. The number of carbonyl (C=O) groups excluding carboxylic acids is 1. The van der Waals surface area contributed by atoms with Gasteiger partial charge in [0.25, 0.3) is 0 Å². The zero-order valence-electron chi connectivity index (χ0n) is 14.4. The van der Waals surface area contributed by atoms with Crippen molar-refractivity contribution < 1.29 is 9.53 Å². The minimum atomic E-state index is 0.0149. The number of carbonyl (C=O) groups is 1. The molecule has 4 heteroatoms. The van der Waals surface area contributed by atoms with Crippen molar-refractivity contribution in [1.29, 1.82) is 0 Å². The molecular formula is C18H32N2O2. The molecule has 1 heterocycles. The first-order valence-electron chi connectivity index (χ1n) is 9.18. The number of hydrogen-bond acceptors (Lipinski definition) is 2. The first-order valence-corrected chi connectivity index (χ1v) is 9.18. The smallest absolute Gasteiger partial charge is 0.315 e. The van der Waals surface area contributed by atoms with Crippen molar-refractivity contribution in [2.75, 3.05) is 13.2 Å². The van der Waals surface area contributed by atoms with Crippen LogP contribution in [-0.2, 0) is 4.74 Å². The zero-order valence-corrected chi connectivity index (χ0v) is 14.4. The monoisotopic (exact) mass is 308 g/mol. The molecule has 126 valence electrons. The van der Waals surface area contributed by atoms with Crippen LogP contribution in [0.3, 0.4) is 0 Å². The van der Waals surface area contributed by atoms with Crippen molar-refractivity contribution in [3.63, 3.8) is 0 Å². The Bertz CT molecular complexity index is 402. The van der Waals surface area contributed by atoms with Crippen LogP contribution in [0.15, 0.2) is 0 Å². The van der Waals surface area contributed by atoms with Crippen LogP contribution in [0.5, 0.6) is 0 Å². The van der Waals surface area contributed by atoms with Gasteiger partial charge in [-0.1, -0.05) is 40.0 Å². The van der Waals surface area contributed by atoms with E-state index >= 15 is 0 Å². The Morgan fingerprint density at radius 1 is 1.14 bits per heavy atom. The second-order valence-corrected chi connectivity index (χ2v) is 8.19. The van der Waals surface area contributed by atoms with E-state index in [4.69, 9.17) is 4.74 Å². The van der Waals surface area contributed by atoms with E-state index in [1.807, 2.05) is 0 Å². The van der Waals surface area contributed by atoms with Crippen molar-refractivity contribution in [2.24, 2.45) is 23.2 Å². The Balaban J connectivity index is 1.40. The SMILES string of the molecule is CCC1CCC(CNC(=O)NC2C3CCOC3C2(C)C)CC1. The van der Waals surface area contributed by atoms with Gasteiger partial charge in [-0.25, -0.2) is 4.79 Å². The molecule has 22 heavy (non-hydrogen) atoms. The standard InChI is InChI=1S/C18H32N2O2/c1-4-12-5-7-13(8-6-12)11-19-17(21)20-15-14-9-10-22-16(14)18(15,2)3/h12-16H,4-11H2,1-3H3,(H2,19,20,21). The second kappa shape index (κ2) is 6.38. The zero-order chi connectivity index (χ0) is 15.7. The summed E-state index contributed by atoms with van der Waals surface area (Å²) in [6.45, 7) is 8.38. The number of hydrogen-bond donors (Lipinski definition) is 2. The Morgan fingerprint density at radius 2 is 1.82 bits per heavy atom. The van der Waals surface area contributed by atoms with E-state index in [1.54, 1.807) is 0 Å². The fraction of sp³-hybridized carbons (Fsp3) is 0.944. The lowest BCUT2D eigenvalue weighted by atomic mass is 9.57. The van der Waals surface area contributed by atoms with Crippen LogP contribution in [0.4, 0.5) is 4.79 Å². The molecule has 2 aliphatic carbocycles. The van der Waals surface area contributed by atoms with Gasteiger partial charge in [0.2, 0.25) is 0 Å². The van der Waals surface area contributed by atoms with Crippen LogP contribution in [0, 0.1) is 23.2 Å². The van der Waals surface area contributed by atoms with E-state index in [0.29, 0.717) is 17.9 Å². The van der Waals surface area contributed by atoms with Gasteiger partial charge < -0.3 is 15.4 Å². The molecule has 3 atom stereocenters. The van der Waals surface area contributed by atoms with Crippen LogP contribution in [0.25, 0.3) is 0 Å². The first-order chi connectivity index (χ1) is 10.5. The fourth-order valence-corrected chi connectivity index (χ4v) is 4.89. The molecule has 3 fully saturated rings. The molecule has 2 amide bonds. The maximum Gasteiger partial charge on any atom is 0.315 e. The molecule has 0 spiro atoms. The lowest BCUT2D eigenvalue weighted by Crippen LogP contribution is -2.67. The van der Waals surface area contributed by atoms with Gasteiger partial charge in [0.05, 0.1) is 6.10 Å². The largest absolute Gasteiger partial charge is 0.377 e. The van der Waals surface area contributed by atoms with E-state index in [1.165, 1.54) is 32.1 Å². The van der Waals surface area contributed by atoms with E-state index in [-0.39, 0.29) is 17.5 Å². The molecular weight excluding hydrogens is 276 g/mol. The van der Waals surface area contributed by atoms with Gasteiger partial charge in [-0.15, -0.1) is 0 Å². The summed E-state index contributed by atoms with van der Waals surface area (Å²) in [6.07, 6.45) is 7.94. The molecule has 2 saturated carbocycles. The van der Waals surface area contributed by atoms with Gasteiger partial charge in [-0.3, -0.25) is 0 Å². The summed E-state index contributed by atoms with van der Waals surface area (Å²) in [5.41, 5.74) is 0.0672. The number of amides is 2. The normalized spacial score (nSPS) is 39.7. The predicted octanol–water partition coefficient (Wildman–Crippen LogP) is 3.32. The summed E-state index contributed by atoms with van der Waals surface area (Å²) in [5, 5.41) is 6.32. The molecule has 3 rings (SSSR count). The first kappa shape index (κ1) is 16.1. The predicted molar refractivity (Wildman–Crippen MR) is 87.7 cm³/mol. The van der Waals surface area contributed by atoms with Gasteiger partial charge in [0, 0.05) is 30.5 Å². The van der Waals surface area contributed by atoms with Gasteiger partial charge in [-0.2, -0.15) is 0 Å². The van der Waals surface area contributed by atoms with Crippen molar-refractivity contribution in [3.05, 3.63) is 0 Å². The average molecular weight is 308 g/mol. The van der Waals surface area contributed by atoms with Crippen LogP contribution < -0.4 is 10.6 Å². The highest BCUT2D eigenvalue weighted by Crippen LogP contribution is 2.52. The minimum Gasteiger partial charge on any atom is -0.377 e. The van der Waals surface area contributed by atoms with Crippen molar-refractivity contribution in [1.82, 2.24) is 10.6 Å². The third-order valence-corrected chi connectivity index (χ3v) is 6.48. The fourth-order valence-electron chi connectivity index (χ4n) is 4.89. The van der Waals surface area contributed by atoms with E-state index in [9.17, 15) is 4.79 Å². The highest BCUT2D eigenvalue weighted by atomic mass is 16.5. The number of nitrogens with one attached hydrogen (secondary N) is 2. The number of ether oxygens (including phenoxy) is 1. The molecule has 0 aromatic heterocycles. The molecule has 3 aliphatic rings. The maximum absolute atomic E-state index is 12.2.